The van der Waals surface area contributed by atoms with Crippen LogP contribution in [0.4, 0.5) is 11.4 Å². The highest BCUT2D eigenvalue weighted by Crippen LogP contribution is 2.30. The molecule has 0 radical (unpaired) electrons. The van der Waals surface area contributed by atoms with Crippen molar-refractivity contribution in [3.05, 3.63) is 23.2 Å². The zero-order chi connectivity index (χ0) is 12.4. The molecule has 6 heteroatoms. The van der Waals surface area contributed by atoms with E-state index in [1.807, 2.05) is 0 Å². The van der Waals surface area contributed by atoms with Crippen LogP contribution >= 0.6 is 11.6 Å². The van der Waals surface area contributed by atoms with Crippen LogP contribution in [0.2, 0.25) is 5.02 Å². The molecule has 1 aromatic rings. The number of carboxylic acid groups (broad SMARTS) is 1. The smallest absolute Gasteiger partial charge is 0.303 e. The molecule has 0 aliphatic carbocycles. The van der Waals surface area contributed by atoms with Gasteiger partial charge in [-0.25, -0.2) is 0 Å². The molecular formula is C11H11ClN2O3. The van der Waals surface area contributed by atoms with Gasteiger partial charge in [-0.1, -0.05) is 11.6 Å². The Kier molecular flexibility index (Phi) is 3.19. The summed E-state index contributed by atoms with van der Waals surface area (Å²) in [6.45, 7) is 0. The second-order valence-corrected chi connectivity index (χ2v) is 4.24. The molecule has 17 heavy (non-hydrogen) atoms. The first-order valence-electron chi connectivity index (χ1n) is 5.15. The minimum atomic E-state index is -0.915. The molecule has 1 heterocycles. The van der Waals surface area contributed by atoms with Crippen LogP contribution in [0.15, 0.2) is 18.2 Å². The van der Waals surface area contributed by atoms with Crippen LogP contribution in [0, 0.1) is 0 Å². The Balaban J connectivity index is 2.13. The molecule has 1 aliphatic rings. The Bertz CT molecular complexity index is 476. The van der Waals surface area contributed by atoms with Crippen LogP contribution in [0.3, 0.4) is 0 Å². The van der Waals surface area contributed by atoms with Gasteiger partial charge in [-0.15, -0.1) is 0 Å². The fourth-order valence-corrected chi connectivity index (χ4v) is 1.86. The van der Waals surface area contributed by atoms with Crippen molar-refractivity contribution in [2.24, 2.45) is 0 Å². The molecule has 0 spiro atoms. The van der Waals surface area contributed by atoms with Gasteiger partial charge >= 0.3 is 5.97 Å². The van der Waals surface area contributed by atoms with E-state index >= 15 is 0 Å². The number of fused-ring (bicyclic) bond motifs is 1. The number of hydrogen-bond acceptors (Lipinski definition) is 3. The van der Waals surface area contributed by atoms with Gasteiger partial charge < -0.3 is 15.7 Å². The summed E-state index contributed by atoms with van der Waals surface area (Å²) in [6.07, 6.45) is 0.206. The number of benzene rings is 1. The van der Waals surface area contributed by atoms with Gasteiger partial charge in [-0.2, -0.15) is 0 Å². The Morgan fingerprint density at radius 1 is 1.41 bits per heavy atom. The molecule has 0 bridgehead atoms. The fraction of sp³-hybridized carbons (Fsp3) is 0.273. The van der Waals surface area contributed by atoms with Crippen molar-refractivity contribution in [2.45, 2.75) is 18.9 Å². The topological polar surface area (TPSA) is 78.4 Å². The van der Waals surface area contributed by atoms with Crippen LogP contribution in [0.1, 0.15) is 12.8 Å². The third kappa shape index (κ3) is 2.68. The fourth-order valence-electron chi connectivity index (χ4n) is 1.69. The molecule has 1 unspecified atom stereocenters. The highest BCUT2D eigenvalue weighted by atomic mass is 35.5. The normalized spacial score (nSPS) is 17.9. The maximum Gasteiger partial charge on any atom is 0.303 e. The van der Waals surface area contributed by atoms with Crippen LogP contribution < -0.4 is 10.6 Å². The molecule has 0 aromatic heterocycles. The van der Waals surface area contributed by atoms with Crippen molar-refractivity contribution >= 4 is 34.9 Å². The van der Waals surface area contributed by atoms with Gasteiger partial charge in [0.1, 0.15) is 6.04 Å². The lowest BCUT2D eigenvalue weighted by Crippen LogP contribution is -2.39. The highest BCUT2D eigenvalue weighted by molar-refractivity contribution is 6.31. The molecule has 5 nitrogen and oxygen atoms in total. The predicted octanol–water partition coefficient (Wildman–Crippen LogP) is 1.94. The minimum absolute atomic E-state index is 0.0476. The van der Waals surface area contributed by atoms with Crippen LogP contribution in [0.5, 0.6) is 0 Å². The van der Waals surface area contributed by atoms with E-state index in [9.17, 15) is 9.59 Å². The Morgan fingerprint density at radius 3 is 2.88 bits per heavy atom. The van der Waals surface area contributed by atoms with Crippen LogP contribution in [-0.4, -0.2) is 23.0 Å². The number of amides is 1. The first-order valence-corrected chi connectivity index (χ1v) is 5.53. The maximum atomic E-state index is 11.7. The van der Waals surface area contributed by atoms with E-state index in [0.29, 0.717) is 10.7 Å². The molecular weight excluding hydrogens is 244 g/mol. The number of carbonyl (C=O) groups is 2. The molecule has 3 N–H and O–H groups in total. The van der Waals surface area contributed by atoms with Crippen molar-refractivity contribution in [2.75, 3.05) is 10.6 Å². The molecule has 0 fully saturated rings. The van der Waals surface area contributed by atoms with Crippen molar-refractivity contribution in [1.29, 1.82) is 0 Å². The lowest BCUT2D eigenvalue weighted by atomic mass is 10.1. The monoisotopic (exact) mass is 254 g/mol. The first kappa shape index (κ1) is 11.7. The van der Waals surface area contributed by atoms with Crippen molar-refractivity contribution < 1.29 is 14.7 Å². The zero-order valence-corrected chi connectivity index (χ0v) is 9.62. The van der Waals surface area contributed by atoms with E-state index in [1.54, 1.807) is 18.2 Å². The number of rotatable bonds is 3. The van der Waals surface area contributed by atoms with Crippen LogP contribution in [-0.2, 0) is 9.59 Å². The maximum absolute atomic E-state index is 11.7. The predicted molar refractivity (Wildman–Crippen MR) is 64.4 cm³/mol. The lowest BCUT2D eigenvalue weighted by Gasteiger charge is -2.26. The highest BCUT2D eigenvalue weighted by Gasteiger charge is 2.25. The number of halogens is 1. The molecule has 90 valence electrons. The molecule has 1 aliphatic heterocycles. The Hall–Kier alpha value is -1.75. The number of hydrogen-bond donors (Lipinski definition) is 3. The zero-order valence-electron chi connectivity index (χ0n) is 8.87. The van der Waals surface area contributed by atoms with Crippen molar-refractivity contribution in [3.63, 3.8) is 0 Å². The van der Waals surface area contributed by atoms with E-state index in [-0.39, 0.29) is 18.7 Å². The standard InChI is InChI=1S/C11H11ClN2O3/c12-6-1-2-7-9(5-6)14-11(17)8(13-7)3-4-10(15)16/h1-2,5,8,13H,3-4H2,(H,14,17)(H,15,16). The van der Waals surface area contributed by atoms with Crippen molar-refractivity contribution in [1.82, 2.24) is 0 Å². The number of nitrogens with one attached hydrogen (secondary N) is 2. The molecule has 1 aromatic carbocycles. The summed E-state index contributed by atoms with van der Waals surface area (Å²) >= 11 is 5.81. The molecule has 1 amide bonds. The lowest BCUT2D eigenvalue weighted by molar-refractivity contribution is -0.137. The Labute approximate surface area is 103 Å². The van der Waals surface area contributed by atoms with Crippen LogP contribution in [0.25, 0.3) is 0 Å². The first-order chi connectivity index (χ1) is 8.06. The van der Waals surface area contributed by atoms with E-state index in [2.05, 4.69) is 10.6 Å². The average Bonchev–Trinajstić information content (AvgIpc) is 2.26. The summed E-state index contributed by atoms with van der Waals surface area (Å²) < 4.78 is 0. The summed E-state index contributed by atoms with van der Waals surface area (Å²) in [4.78, 5) is 22.1. The van der Waals surface area contributed by atoms with E-state index in [4.69, 9.17) is 16.7 Å². The summed E-state index contributed by atoms with van der Waals surface area (Å²) in [5, 5.41) is 14.8. The van der Waals surface area contributed by atoms with Gasteiger partial charge in [0.25, 0.3) is 0 Å². The number of anilines is 2. The number of carboxylic acids is 1. The van der Waals surface area contributed by atoms with Crippen molar-refractivity contribution in [3.8, 4) is 0 Å². The number of carbonyl (C=O) groups excluding carboxylic acids is 1. The molecule has 1 atom stereocenters. The van der Waals surface area contributed by atoms with Gasteiger partial charge in [-0.3, -0.25) is 9.59 Å². The molecule has 0 saturated heterocycles. The summed E-state index contributed by atoms with van der Waals surface area (Å²) in [6, 6.07) is 4.60. The number of aliphatic carboxylic acids is 1. The van der Waals surface area contributed by atoms with Gasteiger partial charge in [0.05, 0.1) is 11.4 Å². The van der Waals surface area contributed by atoms with E-state index in [0.717, 1.165) is 5.69 Å². The summed E-state index contributed by atoms with van der Waals surface area (Å²) in [5.41, 5.74) is 1.37. The van der Waals surface area contributed by atoms with E-state index in [1.165, 1.54) is 0 Å². The second-order valence-electron chi connectivity index (χ2n) is 3.81. The summed E-state index contributed by atoms with van der Waals surface area (Å²) in [7, 11) is 0. The SMILES string of the molecule is O=C(O)CCC1Nc2ccc(Cl)cc2NC1=O. The largest absolute Gasteiger partial charge is 0.481 e. The Morgan fingerprint density at radius 2 is 2.18 bits per heavy atom. The van der Waals surface area contributed by atoms with Gasteiger partial charge in [0, 0.05) is 11.4 Å². The average molecular weight is 255 g/mol. The molecule has 2 rings (SSSR count). The minimum Gasteiger partial charge on any atom is -0.481 e. The van der Waals surface area contributed by atoms with E-state index < -0.39 is 12.0 Å². The summed E-state index contributed by atoms with van der Waals surface area (Å²) in [5.74, 6) is -1.15. The van der Waals surface area contributed by atoms with Gasteiger partial charge in [0.15, 0.2) is 0 Å². The van der Waals surface area contributed by atoms with Gasteiger partial charge in [-0.05, 0) is 24.6 Å². The third-order valence-electron chi connectivity index (χ3n) is 2.53. The van der Waals surface area contributed by atoms with Gasteiger partial charge in [0.2, 0.25) is 5.91 Å². The second kappa shape index (κ2) is 4.63. The quantitative estimate of drug-likeness (QED) is 0.770. The molecule has 0 saturated carbocycles. The third-order valence-corrected chi connectivity index (χ3v) is 2.77.